The van der Waals surface area contributed by atoms with Gasteiger partial charge in [0.2, 0.25) is 5.60 Å². The molecule has 0 saturated heterocycles. The van der Waals surface area contributed by atoms with E-state index in [0.29, 0.717) is 12.1 Å². The number of benzene rings is 1. The van der Waals surface area contributed by atoms with Crippen molar-refractivity contribution in [2.24, 2.45) is 10.7 Å². The third-order valence-electron chi connectivity index (χ3n) is 3.09. The smallest absolute Gasteiger partial charge is 0.313 e. The second-order valence-electron chi connectivity index (χ2n) is 4.34. The van der Waals surface area contributed by atoms with Crippen LogP contribution in [-0.2, 0) is 10.3 Å². The van der Waals surface area contributed by atoms with E-state index in [1.165, 1.54) is 0 Å². The van der Waals surface area contributed by atoms with Crippen LogP contribution in [0.2, 0.25) is 0 Å². The van der Waals surface area contributed by atoms with E-state index in [-0.39, 0.29) is 0 Å². The fourth-order valence-corrected chi connectivity index (χ4v) is 1.98. The SMILES string of the molecule is NC1=NCC(F)(F)[C@@](CF)(c2cc([N+](=O)[O-])ccc2F)O1. The maximum atomic E-state index is 14.0. The minimum absolute atomic E-state index is 0.501. The third kappa shape index (κ3) is 2.26. The Bertz CT molecular complexity index is 623. The average molecular weight is 307 g/mol. The molecule has 1 aliphatic rings. The number of rotatable bonds is 3. The summed E-state index contributed by atoms with van der Waals surface area (Å²) in [4.78, 5) is 12.9. The number of alkyl halides is 3. The fourth-order valence-electron chi connectivity index (χ4n) is 1.98. The number of hydrogen-bond donors (Lipinski definition) is 1. The number of ether oxygens (including phenoxy) is 1. The lowest BCUT2D eigenvalue weighted by Gasteiger charge is -2.40. The fraction of sp³-hybridized carbons (Fsp3) is 0.364. The van der Waals surface area contributed by atoms with Crippen LogP contribution in [0.3, 0.4) is 0 Å². The molecular formula is C11H9F4N3O3. The molecule has 0 bridgehead atoms. The Morgan fingerprint density at radius 1 is 1.48 bits per heavy atom. The Hall–Kier alpha value is -2.39. The van der Waals surface area contributed by atoms with Crippen LogP contribution in [-0.4, -0.2) is 30.1 Å². The molecule has 1 atom stereocenters. The summed E-state index contributed by atoms with van der Waals surface area (Å²) in [7, 11) is 0. The van der Waals surface area contributed by atoms with Crippen molar-refractivity contribution >= 4 is 11.7 Å². The Kier molecular flexibility index (Phi) is 3.47. The maximum Gasteiger partial charge on any atom is 0.313 e. The van der Waals surface area contributed by atoms with Gasteiger partial charge in [-0.3, -0.25) is 10.1 Å². The van der Waals surface area contributed by atoms with Gasteiger partial charge in [-0.15, -0.1) is 0 Å². The van der Waals surface area contributed by atoms with Crippen LogP contribution in [0.15, 0.2) is 23.2 Å². The molecule has 1 aromatic carbocycles. The highest BCUT2D eigenvalue weighted by atomic mass is 19.3. The number of nitrogens with zero attached hydrogens (tertiary/aromatic N) is 2. The molecule has 21 heavy (non-hydrogen) atoms. The molecule has 0 aliphatic carbocycles. The number of non-ortho nitro benzene ring substituents is 1. The topological polar surface area (TPSA) is 90.8 Å². The zero-order chi connectivity index (χ0) is 15.8. The van der Waals surface area contributed by atoms with Crippen molar-refractivity contribution in [2.45, 2.75) is 11.5 Å². The molecule has 6 nitrogen and oxygen atoms in total. The van der Waals surface area contributed by atoms with Crippen molar-refractivity contribution in [3.63, 3.8) is 0 Å². The van der Waals surface area contributed by atoms with Gasteiger partial charge in [0.15, 0.2) is 0 Å². The van der Waals surface area contributed by atoms with Gasteiger partial charge in [-0.05, 0) is 6.07 Å². The highest BCUT2D eigenvalue weighted by Crippen LogP contribution is 2.45. The minimum Gasteiger partial charge on any atom is -0.444 e. The molecule has 1 aliphatic heterocycles. The van der Waals surface area contributed by atoms with E-state index in [2.05, 4.69) is 9.73 Å². The number of nitro benzene ring substituents is 1. The highest BCUT2D eigenvalue weighted by Gasteiger charge is 2.61. The number of nitrogens with two attached hydrogens (primary N) is 1. The Balaban J connectivity index is 2.68. The minimum atomic E-state index is -3.93. The first kappa shape index (κ1) is 15.0. The molecule has 2 rings (SSSR count). The van der Waals surface area contributed by atoms with Crippen molar-refractivity contribution < 1.29 is 27.2 Å². The van der Waals surface area contributed by atoms with Gasteiger partial charge in [-0.2, -0.15) is 8.78 Å². The zero-order valence-corrected chi connectivity index (χ0v) is 10.4. The lowest BCUT2D eigenvalue weighted by Crippen LogP contribution is -2.56. The van der Waals surface area contributed by atoms with E-state index in [4.69, 9.17) is 5.73 Å². The van der Waals surface area contributed by atoms with Crippen molar-refractivity contribution in [1.29, 1.82) is 0 Å². The van der Waals surface area contributed by atoms with Gasteiger partial charge >= 0.3 is 5.92 Å². The second kappa shape index (κ2) is 4.86. The number of aliphatic imine (C=N–C) groups is 1. The molecule has 1 aromatic rings. The summed E-state index contributed by atoms with van der Waals surface area (Å²) in [5.74, 6) is -5.20. The molecule has 0 amide bonds. The van der Waals surface area contributed by atoms with Crippen molar-refractivity contribution in [1.82, 2.24) is 0 Å². The van der Waals surface area contributed by atoms with E-state index in [9.17, 15) is 27.7 Å². The third-order valence-corrected chi connectivity index (χ3v) is 3.09. The molecule has 0 spiro atoms. The van der Waals surface area contributed by atoms with Gasteiger partial charge in [0.05, 0.1) is 4.92 Å². The first-order valence-corrected chi connectivity index (χ1v) is 5.60. The van der Waals surface area contributed by atoms with Crippen molar-refractivity contribution in [3.8, 4) is 0 Å². The zero-order valence-electron chi connectivity index (χ0n) is 10.4. The molecule has 10 heteroatoms. The lowest BCUT2D eigenvalue weighted by molar-refractivity contribution is -0.385. The van der Waals surface area contributed by atoms with Crippen LogP contribution >= 0.6 is 0 Å². The summed E-state index contributed by atoms with van der Waals surface area (Å²) in [6.07, 6.45) is 0. The van der Waals surface area contributed by atoms with Gasteiger partial charge in [0, 0.05) is 17.7 Å². The van der Waals surface area contributed by atoms with Crippen LogP contribution in [0.4, 0.5) is 23.2 Å². The Morgan fingerprint density at radius 3 is 2.71 bits per heavy atom. The summed E-state index contributed by atoms with van der Waals surface area (Å²) in [6.45, 7) is -3.06. The van der Waals surface area contributed by atoms with Gasteiger partial charge in [0.1, 0.15) is 19.0 Å². The Labute approximate surface area is 115 Å². The maximum absolute atomic E-state index is 14.0. The second-order valence-corrected chi connectivity index (χ2v) is 4.34. The Morgan fingerprint density at radius 2 is 2.14 bits per heavy atom. The molecule has 0 radical (unpaired) electrons. The molecule has 0 aromatic heterocycles. The molecule has 0 fully saturated rings. The van der Waals surface area contributed by atoms with E-state index in [0.717, 1.165) is 6.07 Å². The van der Waals surface area contributed by atoms with E-state index >= 15 is 0 Å². The molecular weight excluding hydrogens is 298 g/mol. The summed E-state index contributed by atoms with van der Waals surface area (Å²) in [5, 5.41) is 10.7. The molecule has 2 N–H and O–H groups in total. The van der Waals surface area contributed by atoms with E-state index in [1.807, 2.05) is 0 Å². The normalized spacial score (nSPS) is 24.1. The van der Waals surface area contributed by atoms with E-state index < -0.39 is 52.8 Å². The highest BCUT2D eigenvalue weighted by molar-refractivity contribution is 5.73. The van der Waals surface area contributed by atoms with Gasteiger partial charge in [-0.25, -0.2) is 13.8 Å². The van der Waals surface area contributed by atoms with Crippen LogP contribution in [0.5, 0.6) is 0 Å². The lowest BCUT2D eigenvalue weighted by atomic mass is 9.86. The van der Waals surface area contributed by atoms with Crippen LogP contribution < -0.4 is 5.73 Å². The van der Waals surface area contributed by atoms with Gasteiger partial charge in [0.25, 0.3) is 11.7 Å². The molecule has 114 valence electrons. The van der Waals surface area contributed by atoms with Crippen LogP contribution in [0.1, 0.15) is 5.56 Å². The summed E-state index contributed by atoms with van der Waals surface area (Å²) in [6, 6.07) is 1.11. The quantitative estimate of drug-likeness (QED) is 0.524. The van der Waals surface area contributed by atoms with Crippen molar-refractivity contribution in [3.05, 3.63) is 39.7 Å². The predicted molar refractivity (Wildman–Crippen MR) is 63.2 cm³/mol. The van der Waals surface area contributed by atoms with Gasteiger partial charge < -0.3 is 10.5 Å². The van der Waals surface area contributed by atoms with Crippen LogP contribution in [0.25, 0.3) is 0 Å². The predicted octanol–water partition coefficient (Wildman–Crippen LogP) is 1.88. The largest absolute Gasteiger partial charge is 0.444 e. The van der Waals surface area contributed by atoms with E-state index in [1.54, 1.807) is 0 Å². The number of hydrogen-bond acceptors (Lipinski definition) is 5. The first-order valence-electron chi connectivity index (χ1n) is 5.60. The molecule has 0 saturated carbocycles. The van der Waals surface area contributed by atoms with Gasteiger partial charge in [-0.1, -0.05) is 0 Å². The average Bonchev–Trinajstić information content (AvgIpc) is 2.42. The standard InChI is InChI=1S/C11H9F4N3O3/c12-4-10(11(14,15)5-17-9(16)21-10)7-3-6(18(19)20)1-2-8(7)13/h1-3H,4-5H2,(H2,16,17)/t10-/m1/s1. The molecule has 1 heterocycles. The first-order chi connectivity index (χ1) is 9.73. The van der Waals surface area contributed by atoms with Crippen LogP contribution in [0, 0.1) is 15.9 Å². The summed E-state index contributed by atoms with van der Waals surface area (Å²) < 4.78 is 59.8. The summed E-state index contributed by atoms with van der Waals surface area (Å²) in [5.41, 5.74) is 0.410. The number of amidine groups is 1. The van der Waals surface area contributed by atoms with Crippen molar-refractivity contribution in [2.75, 3.05) is 13.2 Å². The number of halogens is 4. The molecule has 0 unspecified atom stereocenters. The monoisotopic (exact) mass is 307 g/mol. The summed E-state index contributed by atoms with van der Waals surface area (Å²) >= 11 is 0. The number of nitro groups is 1.